The fourth-order valence-electron chi connectivity index (χ4n) is 5.84. The average molecular weight is 421 g/mol. The summed E-state index contributed by atoms with van der Waals surface area (Å²) in [7, 11) is 0. The lowest BCUT2D eigenvalue weighted by molar-refractivity contribution is 0.0909. The van der Waals surface area contributed by atoms with E-state index in [1.807, 2.05) is 12.1 Å². The van der Waals surface area contributed by atoms with Crippen molar-refractivity contribution in [3.63, 3.8) is 0 Å². The molecule has 31 heavy (non-hydrogen) atoms. The van der Waals surface area contributed by atoms with E-state index in [2.05, 4.69) is 41.6 Å². The van der Waals surface area contributed by atoms with Crippen LogP contribution in [-0.2, 0) is 12.8 Å². The number of hydrogen-bond donors (Lipinski definition) is 2. The molecule has 3 heterocycles. The number of Topliss-reactive ketones (excluding diaryl/α,β-unsaturated/α-hetero) is 1. The summed E-state index contributed by atoms with van der Waals surface area (Å²) in [5, 5.41) is 3.60. The zero-order valence-electron chi connectivity index (χ0n) is 18.8. The van der Waals surface area contributed by atoms with E-state index in [0.29, 0.717) is 18.0 Å². The van der Waals surface area contributed by atoms with Crippen LogP contribution in [0.15, 0.2) is 18.2 Å². The number of primary amides is 1. The van der Waals surface area contributed by atoms with Gasteiger partial charge in [0.2, 0.25) is 0 Å². The maximum atomic E-state index is 13.1. The number of amides is 1. The molecule has 164 valence electrons. The number of benzene rings is 1. The Balaban J connectivity index is 1.73. The first-order chi connectivity index (χ1) is 14.7. The topological polar surface area (TPSA) is 80.4 Å². The van der Waals surface area contributed by atoms with E-state index in [4.69, 9.17) is 5.73 Å². The normalized spacial score (nSPS) is 24.4. The maximum absolute atomic E-state index is 13.1. The Bertz CT molecular complexity index is 1080. The van der Waals surface area contributed by atoms with Crippen LogP contribution >= 0.6 is 0 Å². The predicted molar refractivity (Wildman–Crippen MR) is 122 cm³/mol. The van der Waals surface area contributed by atoms with Crippen LogP contribution in [0.4, 0.5) is 5.69 Å². The van der Waals surface area contributed by atoms with Gasteiger partial charge < -0.3 is 20.5 Å². The quantitative estimate of drug-likeness (QED) is 0.740. The summed E-state index contributed by atoms with van der Waals surface area (Å²) in [6.45, 7) is 9.54. The second-order valence-corrected chi connectivity index (χ2v) is 10.3. The van der Waals surface area contributed by atoms with Gasteiger partial charge in [-0.1, -0.05) is 13.8 Å². The molecule has 2 atom stereocenters. The highest BCUT2D eigenvalue weighted by Gasteiger charge is 2.37. The standard InChI is InChI=1S/C25H32N4O2/c1-15-20-5-4-9-28-10-8-16(14-28)27-19-11-17(6-7-18(19)24(26)31)29(20)21-12-25(2,3)13-22(30)23(15)21/h6-7,11,16,27H,4-5,8-10,12-14H2,1-3H3,(H2,26,31)/t16-/m0/s1. The molecule has 6 heteroatoms. The molecule has 3 aliphatic rings. The second-order valence-electron chi connectivity index (χ2n) is 10.3. The number of nitrogens with zero attached hydrogens (tertiary/aromatic N) is 2. The smallest absolute Gasteiger partial charge is 0.250 e. The molecule has 4 bridgehead atoms. The zero-order valence-corrected chi connectivity index (χ0v) is 18.8. The highest BCUT2D eigenvalue weighted by atomic mass is 16.1. The number of carbonyl (C=O) groups is 2. The van der Waals surface area contributed by atoms with Crippen LogP contribution in [-0.4, -0.2) is 46.8 Å². The van der Waals surface area contributed by atoms with Crippen LogP contribution in [0.5, 0.6) is 0 Å². The molecular formula is C25H32N4O2. The Morgan fingerprint density at radius 1 is 1.19 bits per heavy atom. The Morgan fingerprint density at radius 3 is 2.77 bits per heavy atom. The van der Waals surface area contributed by atoms with E-state index in [-0.39, 0.29) is 11.2 Å². The fourth-order valence-corrected chi connectivity index (χ4v) is 5.84. The van der Waals surface area contributed by atoms with E-state index in [0.717, 1.165) is 73.5 Å². The molecule has 1 fully saturated rings. The number of anilines is 1. The number of aromatic nitrogens is 1. The van der Waals surface area contributed by atoms with Crippen molar-refractivity contribution >= 4 is 17.4 Å². The third-order valence-corrected chi connectivity index (χ3v) is 7.25. The van der Waals surface area contributed by atoms with Crippen molar-refractivity contribution in [2.24, 2.45) is 11.1 Å². The molecule has 1 aromatic carbocycles. The number of carbonyl (C=O) groups excluding carboxylic acids is 2. The van der Waals surface area contributed by atoms with Crippen molar-refractivity contribution < 1.29 is 9.59 Å². The van der Waals surface area contributed by atoms with Crippen LogP contribution in [0, 0.1) is 12.3 Å². The molecule has 1 saturated heterocycles. The van der Waals surface area contributed by atoms with Crippen molar-refractivity contribution in [2.75, 3.05) is 25.0 Å². The third-order valence-electron chi connectivity index (χ3n) is 7.25. The Kier molecular flexibility index (Phi) is 4.74. The second kappa shape index (κ2) is 7.23. The summed E-state index contributed by atoms with van der Waals surface area (Å²) in [4.78, 5) is 27.8. The number of hydrogen-bond acceptors (Lipinski definition) is 4. The van der Waals surface area contributed by atoms with Gasteiger partial charge in [-0.2, -0.15) is 0 Å². The van der Waals surface area contributed by atoms with Crippen molar-refractivity contribution in [3.05, 3.63) is 46.3 Å². The average Bonchev–Trinajstić information content (AvgIpc) is 3.22. The van der Waals surface area contributed by atoms with Gasteiger partial charge in [0.05, 0.1) is 5.56 Å². The Hall–Kier alpha value is -2.60. The molecule has 6 nitrogen and oxygen atoms in total. The molecule has 0 spiro atoms. The molecule has 0 radical (unpaired) electrons. The molecule has 1 aliphatic carbocycles. The summed E-state index contributed by atoms with van der Waals surface area (Å²) in [6, 6.07) is 6.18. The maximum Gasteiger partial charge on any atom is 0.250 e. The van der Waals surface area contributed by atoms with Gasteiger partial charge in [-0.3, -0.25) is 9.59 Å². The van der Waals surface area contributed by atoms with Gasteiger partial charge >= 0.3 is 0 Å². The fraction of sp³-hybridized carbons (Fsp3) is 0.520. The van der Waals surface area contributed by atoms with E-state index in [1.165, 1.54) is 5.69 Å². The zero-order chi connectivity index (χ0) is 21.9. The predicted octanol–water partition coefficient (Wildman–Crippen LogP) is 3.47. The van der Waals surface area contributed by atoms with Crippen molar-refractivity contribution in [1.29, 1.82) is 0 Å². The summed E-state index contributed by atoms with van der Waals surface area (Å²) >= 11 is 0. The first-order valence-corrected chi connectivity index (χ1v) is 11.4. The molecule has 2 aromatic rings. The Morgan fingerprint density at radius 2 is 2.00 bits per heavy atom. The third kappa shape index (κ3) is 3.47. The SMILES string of the molecule is Cc1c2c(n3c1CCCN1CC[C@@H](C1)Nc1cc-3ccc1C(N)=O)CC(C)(C)CC2=O. The lowest BCUT2D eigenvalue weighted by atomic mass is 9.75. The van der Waals surface area contributed by atoms with Crippen molar-refractivity contribution in [1.82, 2.24) is 9.47 Å². The Labute approximate surface area is 183 Å². The van der Waals surface area contributed by atoms with Crippen LogP contribution in [0.1, 0.15) is 70.8 Å². The van der Waals surface area contributed by atoms with E-state index in [9.17, 15) is 9.59 Å². The molecular weight excluding hydrogens is 388 g/mol. The summed E-state index contributed by atoms with van der Waals surface area (Å²) in [5.74, 6) is -0.166. The van der Waals surface area contributed by atoms with Gasteiger partial charge in [-0.25, -0.2) is 0 Å². The summed E-state index contributed by atoms with van der Waals surface area (Å²) in [5.41, 5.74) is 12.4. The van der Waals surface area contributed by atoms with E-state index >= 15 is 0 Å². The molecule has 2 aliphatic heterocycles. The monoisotopic (exact) mass is 420 g/mol. The lowest BCUT2D eigenvalue weighted by Crippen LogP contribution is -2.29. The summed E-state index contributed by atoms with van der Waals surface area (Å²) in [6.07, 6.45) is 4.53. The van der Waals surface area contributed by atoms with Gasteiger partial charge in [0.1, 0.15) is 0 Å². The molecule has 5 rings (SSSR count). The number of fused-ring (bicyclic) bond motifs is 8. The minimum Gasteiger partial charge on any atom is -0.380 e. The molecule has 1 amide bonds. The molecule has 1 unspecified atom stereocenters. The molecule has 1 aromatic heterocycles. The minimum absolute atomic E-state index is 0.0611. The minimum atomic E-state index is -0.418. The van der Waals surface area contributed by atoms with Crippen LogP contribution in [0.3, 0.4) is 0 Å². The molecule has 0 saturated carbocycles. The first kappa shape index (κ1) is 20.3. The van der Waals surface area contributed by atoms with Crippen molar-refractivity contribution in [3.8, 4) is 5.69 Å². The highest BCUT2D eigenvalue weighted by molar-refractivity contribution is 6.01. The van der Waals surface area contributed by atoms with Gasteiger partial charge in [-0.05, 0) is 68.3 Å². The molecule has 3 N–H and O–H groups in total. The van der Waals surface area contributed by atoms with Gasteiger partial charge in [0.25, 0.3) is 5.91 Å². The van der Waals surface area contributed by atoms with Crippen LogP contribution in [0.25, 0.3) is 5.69 Å². The van der Waals surface area contributed by atoms with Gasteiger partial charge in [0, 0.05) is 53.9 Å². The number of ketones is 1. The number of nitrogens with two attached hydrogens (primary N) is 1. The van der Waals surface area contributed by atoms with E-state index in [1.54, 1.807) is 0 Å². The largest absolute Gasteiger partial charge is 0.380 e. The van der Waals surface area contributed by atoms with Gasteiger partial charge in [-0.15, -0.1) is 0 Å². The van der Waals surface area contributed by atoms with Gasteiger partial charge in [0.15, 0.2) is 5.78 Å². The van der Waals surface area contributed by atoms with Crippen LogP contribution < -0.4 is 11.1 Å². The highest BCUT2D eigenvalue weighted by Crippen LogP contribution is 2.41. The first-order valence-electron chi connectivity index (χ1n) is 11.4. The number of nitrogens with one attached hydrogen (secondary N) is 1. The van der Waals surface area contributed by atoms with E-state index < -0.39 is 5.91 Å². The summed E-state index contributed by atoms with van der Waals surface area (Å²) < 4.78 is 2.30. The number of rotatable bonds is 1. The lowest BCUT2D eigenvalue weighted by Gasteiger charge is -2.30. The van der Waals surface area contributed by atoms with Crippen LogP contribution in [0.2, 0.25) is 0 Å². The van der Waals surface area contributed by atoms with Crippen molar-refractivity contribution in [2.45, 2.75) is 58.9 Å².